The zero-order valence-electron chi connectivity index (χ0n) is 22.2. The molecule has 198 valence electrons. The second kappa shape index (κ2) is 9.72. The predicted molar refractivity (Wildman–Crippen MR) is 139 cm³/mol. The van der Waals surface area contributed by atoms with E-state index < -0.39 is 34.7 Å². The molecule has 0 aromatic heterocycles. The van der Waals surface area contributed by atoms with Crippen LogP contribution in [0.2, 0.25) is 0 Å². The number of likely N-dealkylation sites (tertiary alicyclic amines) is 1. The molecule has 37 heavy (non-hydrogen) atoms. The number of ether oxygens (including phenoxy) is 2. The number of piperidine rings is 1. The van der Waals surface area contributed by atoms with Crippen molar-refractivity contribution in [3.63, 3.8) is 0 Å². The van der Waals surface area contributed by atoms with E-state index in [4.69, 9.17) is 9.47 Å². The molecule has 0 bridgehead atoms. The number of hydrogen-bond acceptors (Lipinski definition) is 5. The summed E-state index contributed by atoms with van der Waals surface area (Å²) in [5, 5.41) is 12.6. The van der Waals surface area contributed by atoms with Crippen molar-refractivity contribution in [1.29, 1.82) is 0 Å². The first-order chi connectivity index (χ1) is 17.3. The molecule has 2 aromatic carbocycles. The van der Waals surface area contributed by atoms with Crippen LogP contribution in [0.25, 0.3) is 11.1 Å². The third-order valence-electron chi connectivity index (χ3n) is 7.48. The molecule has 1 aliphatic carbocycles. The first-order valence-electron chi connectivity index (χ1n) is 12.6. The molecule has 8 nitrogen and oxygen atoms in total. The van der Waals surface area contributed by atoms with Gasteiger partial charge in [0.25, 0.3) is 0 Å². The summed E-state index contributed by atoms with van der Waals surface area (Å²) in [6.45, 7) is 9.74. The summed E-state index contributed by atoms with van der Waals surface area (Å²) in [6, 6.07) is 16.2. The van der Waals surface area contributed by atoms with Crippen molar-refractivity contribution in [3.8, 4) is 11.1 Å². The molecule has 4 rings (SSSR count). The van der Waals surface area contributed by atoms with Crippen molar-refractivity contribution in [2.45, 2.75) is 64.5 Å². The molecule has 2 N–H and O–H groups in total. The monoisotopic (exact) mass is 508 g/mol. The second-order valence-corrected chi connectivity index (χ2v) is 11.6. The molecule has 0 radical (unpaired) electrons. The molecule has 2 aliphatic rings. The van der Waals surface area contributed by atoms with Crippen LogP contribution >= 0.6 is 0 Å². The maximum absolute atomic E-state index is 13.1. The number of rotatable bonds is 5. The first kappa shape index (κ1) is 26.5. The Hall–Kier alpha value is -3.55. The Kier molecular flexibility index (Phi) is 6.97. The van der Waals surface area contributed by atoms with Gasteiger partial charge in [0.05, 0.1) is 12.0 Å². The van der Waals surface area contributed by atoms with Gasteiger partial charge in [0, 0.05) is 24.4 Å². The molecule has 1 atom stereocenters. The molecular formula is C29H36N2O6. The molecule has 1 aliphatic heterocycles. The highest BCUT2D eigenvalue weighted by atomic mass is 16.6. The number of amides is 2. The van der Waals surface area contributed by atoms with Crippen LogP contribution in [0.1, 0.15) is 64.5 Å². The van der Waals surface area contributed by atoms with Gasteiger partial charge < -0.3 is 24.8 Å². The van der Waals surface area contributed by atoms with E-state index in [1.165, 1.54) is 0 Å². The van der Waals surface area contributed by atoms with E-state index in [0.29, 0.717) is 0 Å². The van der Waals surface area contributed by atoms with Gasteiger partial charge in [-0.15, -0.1) is 0 Å². The van der Waals surface area contributed by atoms with Gasteiger partial charge in [-0.2, -0.15) is 0 Å². The summed E-state index contributed by atoms with van der Waals surface area (Å²) >= 11 is 0. The largest absolute Gasteiger partial charge is 0.481 e. The van der Waals surface area contributed by atoms with Crippen LogP contribution in [0.15, 0.2) is 48.5 Å². The standard InChI is InChI=1S/C29H36N2O6/c1-27(2,3)37-26(35)31-15-14-29(16-24(32)33,28(4,5)18-31)30-25(34)36-17-23-21-12-8-6-10-19(21)20-11-7-9-13-22(20)23/h6-13,23H,14-18H2,1-5H3,(H,30,34)(H,32,33). The number of nitrogens with one attached hydrogen (secondary N) is 1. The Morgan fingerprint density at radius 1 is 1.03 bits per heavy atom. The molecule has 0 saturated carbocycles. The van der Waals surface area contributed by atoms with E-state index in [9.17, 15) is 19.5 Å². The van der Waals surface area contributed by atoms with Crippen LogP contribution in [0.5, 0.6) is 0 Å². The summed E-state index contributed by atoms with van der Waals surface area (Å²) in [6.07, 6.45) is -1.14. The lowest BCUT2D eigenvalue weighted by Crippen LogP contribution is -2.67. The van der Waals surface area contributed by atoms with Crippen molar-refractivity contribution in [1.82, 2.24) is 10.2 Å². The lowest BCUT2D eigenvalue weighted by Gasteiger charge is -2.52. The van der Waals surface area contributed by atoms with E-state index >= 15 is 0 Å². The maximum atomic E-state index is 13.1. The Morgan fingerprint density at radius 3 is 2.11 bits per heavy atom. The lowest BCUT2D eigenvalue weighted by atomic mass is 9.65. The SMILES string of the molecule is CC(C)(C)OC(=O)N1CCC(CC(=O)O)(NC(=O)OCC2c3ccccc3-c3ccccc32)C(C)(C)C1. The van der Waals surface area contributed by atoms with Crippen molar-refractivity contribution in [2.75, 3.05) is 19.7 Å². The average Bonchev–Trinajstić information content (AvgIpc) is 3.11. The molecule has 1 fully saturated rings. The lowest BCUT2D eigenvalue weighted by molar-refractivity contribution is -0.141. The van der Waals surface area contributed by atoms with Crippen molar-refractivity contribution in [3.05, 3.63) is 59.7 Å². The smallest absolute Gasteiger partial charge is 0.410 e. The number of aliphatic carboxylic acids is 1. The van der Waals surface area contributed by atoms with Gasteiger partial charge in [0.15, 0.2) is 0 Å². The quantitative estimate of drug-likeness (QED) is 0.560. The minimum Gasteiger partial charge on any atom is -0.481 e. The molecule has 2 aromatic rings. The number of carbonyl (C=O) groups is 3. The van der Waals surface area contributed by atoms with Gasteiger partial charge in [-0.1, -0.05) is 62.4 Å². The van der Waals surface area contributed by atoms with Crippen LogP contribution < -0.4 is 5.32 Å². The van der Waals surface area contributed by atoms with Gasteiger partial charge in [0.1, 0.15) is 12.2 Å². The zero-order chi connectivity index (χ0) is 27.0. The van der Waals surface area contributed by atoms with Gasteiger partial charge >= 0.3 is 18.2 Å². The van der Waals surface area contributed by atoms with E-state index in [1.54, 1.807) is 25.7 Å². The summed E-state index contributed by atoms with van der Waals surface area (Å²) < 4.78 is 11.2. The number of fused-ring (bicyclic) bond motifs is 3. The summed E-state index contributed by atoms with van der Waals surface area (Å²) in [7, 11) is 0. The van der Waals surface area contributed by atoms with Gasteiger partial charge in [-0.25, -0.2) is 9.59 Å². The highest BCUT2D eigenvalue weighted by Gasteiger charge is 2.52. The molecule has 1 heterocycles. The molecule has 1 unspecified atom stereocenters. The fourth-order valence-corrected chi connectivity index (χ4v) is 5.55. The van der Waals surface area contributed by atoms with Crippen LogP contribution in [0, 0.1) is 5.41 Å². The van der Waals surface area contributed by atoms with Gasteiger partial charge in [0.2, 0.25) is 0 Å². The third kappa shape index (κ3) is 5.43. The summed E-state index contributed by atoms with van der Waals surface area (Å²) in [4.78, 5) is 39.3. The van der Waals surface area contributed by atoms with Crippen molar-refractivity contribution in [2.24, 2.45) is 5.41 Å². The highest BCUT2D eigenvalue weighted by Crippen LogP contribution is 2.45. The minimum absolute atomic E-state index is 0.101. The van der Waals surface area contributed by atoms with Crippen LogP contribution in [-0.2, 0) is 14.3 Å². The number of carbonyl (C=O) groups excluding carboxylic acids is 2. The summed E-state index contributed by atoms with van der Waals surface area (Å²) in [5.41, 5.74) is 1.96. The number of carboxylic acid groups (broad SMARTS) is 1. The van der Waals surface area contributed by atoms with Crippen LogP contribution in [0.3, 0.4) is 0 Å². The Morgan fingerprint density at radius 2 is 1.59 bits per heavy atom. The number of carboxylic acids is 1. The highest BCUT2D eigenvalue weighted by molar-refractivity contribution is 5.79. The predicted octanol–water partition coefficient (Wildman–Crippen LogP) is 5.41. The Labute approximate surface area is 217 Å². The Balaban J connectivity index is 1.49. The van der Waals surface area contributed by atoms with Crippen LogP contribution in [-0.4, -0.2) is 59.0 Å². The van der Waals surface area contributed by atoms with E-state index in [0.717, 1.165) is 22.3 Å². The molecule has 1 saturated heterocycles. The molecule has 0 spiro atoms. The fraction of sp³-hybridized carbons (Fsp3) is 0.483. The molecule has 2 amide bonds. The van der Waals surface area contributed by atoms with E-state index in [-0.39, 0.29) is 38.5 Å². The summed E-state index contributed by atoms with van der Waals surface area (Å²) in [5.74, 6) is -1.13. The number of hydrogen-bond donors (Lipinski definition) is 2. The van der Waals surface area contributed by atoms with Crippen molar-refractivity contribution >= 4 is 18.2 Å². The fourth-order valence-electron chi connectivity index (χ4n) is 5.55. The van der Waals surface area contributed by atoms with E-state index in [1.807, 2.05) is 50.2 Å². The number of alkyl carbamates (subject to hydrolysis) is 1. The third-order valence-corrected chi connectivity index (χ3v) is 7.48. The normalized spacial score (nSPS) is 20.5. The first-order valence-corrected chi connectivity index (χ1v) is 12.6. The van der Waals surface area contributed by atoms with Gasteiger partial charge in [-0.05, 0) is 49.4 Å². The van der Waals surface area contributed by atoms with Gasteiger partial charge in [-0.3, -0.25) is 4.79 Å². The number of nitrogens with zero attached hydrogens (tertiary/aromatic N) is 1. The second-order valence-electron chi connectivity index (χ2n) is 11.6. The molecular weight excluding hydrogens is 472 g/mol. The molecule has 8 heteroatoms. The zero-order valence-corrected chi connectivity index (χ0v) is 22.2. The maximum Gasteiger partial charge on any atom is 0.410 e. The van der Waals surface area contributed by atoms with Crippen molar-refractivity contribution < 1.29 is 29.0 Å². The minimum atomic E-state index is -1.10. The average molecular weight is 509 g/mol. The van der Waals surface area contributed by atoms with Crippen LogP contribution in [0.4, 0.5) is 9.59 Å². The van der Waals surface area contributed by atoms with E-state index in [2.05, 4.69) is 17.4 Å². The number of benzene rings is 2. The Bertz CT molecular complexity index is 1160. The topological polar surface area (TPSA) is 105 Å².